The summed E-state index contributed by atoms with van der Waals surface area (Å²) in [6, 6.07) is 0. The second kappa shape index (κ2) is 4.61. The molecule has 1 aromatic rings. The predicted octanol–water partition coefficient (Wildman–Crippen LogP) is -0.374. The minimum Gasteiger partial charge on any atom is -0.337 e. The molecule has 88 valence electrons. The van der Waals surface area contributed by atoms with E-state index in [-0.39, 0.29) is 5.91 Å². The minimum absolute atomic E-state index is 0.0359. The highest BCUT2D eigenvalue weighted by molar-refractivity contribution is 5.91. The van der Waals surface area contributed by atoms with Gasteiger partial charge in [0.1, 0.15) is 0 Å². The maximum Gasteiger partial charge on any atom is 0.276 e. The summed E-state index contributed by atoms with van der Waals surface area (Å²) in [5.41, 5.74) is 6.06. The van der Waals surface area contributed by atoms with Gasteiger partial charge < -0.3 is 10.6 Å². The van der Waals surface area contributed by atoms with E-state index in [1.807, 2.05) is 4.90 Å². The summed E-state index contributed by atoms with van der Waals surface area (Å²) in [5, 5.41) is 7.60. The molecule has 0 saturated carbocycles. The van der Waals surface area contributed by atoms with Gasteiger partial charge in [0, 0.05) is 20.1 Å². The molecule has 0 spiro atoms. The second-order valence-electron chi connectivity index (χ2n) is 4.27. The lowest BCUT2D eigenvalue weighted by Gasteiger charge is -2.31. The summed E-state index contributed by atoms with van der Waals surface area (Å²) >= 11 is 0. The molecule has 1 aliphatic rings. The topological polar surface area (TPSA) is 77.0 Å². The van der Waals surface area contributed by atoms with E-state index in [4.69, 9.17) is 5.73 Å². The van der Waals surface area contributed by atoms with E-state index < -0.39 is 0 Å². The molecule has 1 fully saturated rings. The van der Waals surface area contributed by atoms with Crippen molar-refractivity contribution in [3.63, 3.8) is 0 Å². The molecule has 0 bridgehead atoms. The SMILES string of the molecule is Cn1cc(C(=O)N2CCCC(CN)C2)nn1. The first-order valence-corrected chi connectivity index (χ1v) is 5.56. The molecule has 1 unspecified atom stereocenters. The number of rotatable bonds is 2. The summed E-state index contributed by atoms with van der Waals surface area (Å²) < 4.78 is 1.54. The maximum atomic E-state index is 12.0. The van der Waals surface area contributed by atoms with Crippen molar-refractivity contribution in [3.05, 3.63) is 11.9 Å². The van der Waals surface area contributed by atoms with Crippen LogP contribution in [0, 0.1) is 5.92 Å². The van der Waals surface area contributed by atoms with Gasteiger partial charge in [-0.3, -0.25) is 9.48 Å². The fourth-order valence-electron chi connectivity index (χ4n) is 2.05. The van der Waals surface area contributed by atoms with Crippen LogP contribution >= 0.6 is 0 Å². The van der Waals surface area contributed by atoms with Crippen LogP contribution in [-0.4, -0.2) is 45.4 Å². The third kappa shape index (κ3) is 2.21. The maximum absolute atomic E-state index is 12.0. The van der Waals surface area contributed by atoms with Crippen molar-refractivity contribution in [1.29, 1.82) is 0 Å². The van der Waals surface area contributed by atoms with E-state index in [0.29, 0.717) is 18.2 Å². The molecule has 1 aliphatic heterocycles. The van der Waals surface area contributed by atoms with Crippen LogP contribution in [0.2, 0.25) is 0 Å². The van der Waals surface area contributed by atoms with Gasteiger partial charge in [-0.2, -0.15) is 0 Å². The Kier molecular flexibility index (Phi) is 3.19. The Morgan fingerprint density at radius 3 is 3.12 bits per heavy atom. The molecule has 1 amide bonds. The molecule has 6 nitrogen and oxygen atoms in total. The highest BCUT2D eigenvalue weighted by atomic mass is 16.2. The van der Waals surface area contributed by atoms with Gasteiger partial charge in [0.15, 0.2) is 5.69 Å². The Bertz CT molecular complexity index is 375. The van der Waals surface area contributed by atoms with Gasteiger partial charge in [0.25, 0.3) is 5.91 Å². The zero-order chi connectivity index (χ0) is 11.5. The van der Waals surface area contributed by atoms with Crippen LogP contribution in [0.25, 0.3) is 0 Å². The molecule has 0 aliphatic carbocycles. The van der Waals surface area contributed by atoms with Crippen LogP contribution in [0.3, 0.4) is 0 Å². The second-order valence-corrected chi connectivity index (χ2v) is 4.27. The van der Waals surface area contributed by atoms with Crippen LogP contribution in [0.1, 0.15) is 23.3 Å². The number of aromatic nitrogens is 3. The number of piperidine rings is 1. The van der Waals surface area contributed by atoms with Crippen molar-refractivity contribution in [2.24, 2.45) is 18.7 Å². The van der Waals surface area contributed by atoms with Crippen molar-refractivity contribution >= 4 is 5.91 Å². The average molecular weight is 223 g/mol. The number of hydrogen-bond donors (Lipinski definition) is 1. The third-order valence-electron chi connectivity index (χ3n) is 2.96. The van der Waals surface area contributed by atoms with E-state index in [2.05, 4.69) is 10.3 Å². The quantitative estimate of drug-likeness (QED) is 0.742. The lowest BCUT2D eigenvalue weighted by molar-refractivity contribution is 0.0672. The van der Waals surface area contributed by atoms with E-state index in [0.717, 1.165) is 25.9 Å². The summed E-state index contributed by atoms with van der Waals surface area (Å²) in [5.74, 6) is 0.389. The standard InChI is InChI=1S/C10H17N5O/c1-14-7-9(12-13-14)10(16)15-4-2-3-8(5-11)6-15/h7-8H,2-6,11H2,1H3. The summed E-state index contributed by atoms with van der Waals surface area (Å²) in [6.45, 7) is 2.18. The Morgan fingerprint density at radius 2 is 2.50 bits per heavy atom. The largest absolute Gasteiger partial charge is 0.337 e. The molecule has 1 aromatic heterocycles. The van der Waals surface area contributed by atoms with Crippen LogP contribution < -0.4 is 5.73 Å². The molecule has 2 N–H and O–H groups in total. The van der Waals surface area contributed by atoms with Gasteiger partial charge in [-0.1, -0.05) is 5.21 Å². The number of carbonyl (C=O) groups excluding carboxylic acids is 1. The number of aryl methyl sites for hydroxylation is 1. The highest BCUT2D eigenvalue weighted by Gasteiger charge is 2.25. The number of amides is 1. The van der Waals surface area contributed by atoms with Crippen molar-refractivity contribution < 1.29 is 4.79 Å². The molecule has 1 saturated heterocycles. The molecule has 2 rings (SSSR count). The third-order valence-corrected chi connectivity index (χ3v) is 2.96. The van der Waals surface area contributed by atoms with Gasteiger partial charge in [0.2, 0.25) is 0 Å². The van der Waals surface area contributed by atoms with E-state index in [1.165, 1.54) is 4.68 Å². The van der Waals surface area contributed by atoms with Gasteiger partial charge in [-0.05, 0) is 25.3 Å². The Hall–Kier alpha value is -1.43. The first-order chi connectivity index (χ1) is 7.70. The first-order valence-electron chi connectivity index (χ1n) is 5.56. The molecule has 16 heavy (non-hydrogen) atoms. The van der Waals surface area contributed by atoms with E-state index in [9.17, 15) is 4.79 Å². The number of nitrogens with two attached hydrogens (primary N) is 1. The van der Waals surface area contributed by atoms with Gasteiger partial charge in [0.05, 0.1) is 6.20 Å². The number of likely N-dealkylation sites (tertiary alicyclic amines) is 1. The van der Waals surface area contributed by atoms with E-state index >= 15 is 0 Å². The number of hydrogen-bond acceptors (Lipinski definition) is 4. The van der Waals surface area contributed by atoms with Crippen LogP contribution in [0.4, 0.5) is 0 Å². The Balaban J connectivity index is 2.04. The molecular formula is C10H17N5O. The summed E-state index contributed by atoms with van der Waals surface area (Å²) in [7, 11) is 1.75. The molecule has 1 atom stereocenters. The van der Waals surface area contributed by atoms with Gasteiger partial charge in [-0.25, -0.2) is 0 Å². The minimum atomic E-state index is -0.0359. The predicted molar refractivity (Wildman–Crippen MR) is 58.7 cm³/mol. The van der Waals surface area contributed by atoms with Crippen molar-refractivity contribution in [1.82, 2.24) is 19.9 Å². The molecule has 0 aromatic carbocycles. The van der Waals surface area contributed by atoms with E-state index in [1.54, 1.807) is 13.2 Å². The first kappa shape index (κ1) is 11.1. The Morgan fingerprint density at radius 1 is 1.69 bits per heavy atom. The average Bonchev–Trinajstić information content (AvgIpc) is 2.75. The lowest BCUT2D eigenvalue weighted by Crippen LogP contribution is -2.42. The van der Waals surface area contributed by atoms with Crippen molar-refractivity contribution in [3.8, 4) is 0 Å². The summed E-state index contributed by atoms with van der Waals surface area (Å²) in [6.07, 6.45) is 3.78. The zero-order valence-corrected chi connectivity index (χ0v) is 9.46. The fraction of sp³-hybridized carbons (Fsp3) is 0.700. The molecule has 2 heterocycles. The molecule has 0 radical (unpaired) electrons. The zero-order valence-electron chi connectivity index (χ0n) is 9.46. The van der Waals surface area contributed by atoms with Crippen LogP contribution in [0.15, 0.2) is 6.20 Å². The molecule has 6 heteroatoms. The fourth-order valence-corrected chi connectivity index (χ4v) is 2.05. The lowest BCUT2D eigenvalue weighted by atomic mass is 9.98. The smallest absolute Gasteiger partial charge is 0.276 e. The van der Waals surface area contributed by atoms with Crippen LogP contribution in [-0.2, 0) is 7.05 Å². The number of nitrogens with zero attached hydrogens (tertiary/aromatic N) is 4. The summed E-state index contributed by atoms with van der Waals surface area (Å²) in [4.78, 5) is 13.9. The van der Waals surface area contributed by atoms with Gasteiger partial charge >= 0.3 is 0 Å². The number of carbonyl (C=O) groups is 1. The van der Waals surface area contributed by atoms with Crippen molar-refractivity contribution in [2.45, 2.75) is 12.8 Å². The normalized spacial score (nSPS) is 21.1. The van der Waals surface area contributed by atoms with Crippen molar-refractivity contribution in [2.75, 3.05) is 19.6 Å². The highest BCUT2D eigenvalue weighted by Crippen LogP contribution is 2.16. The monoisotopic (exact) mass is 223 g/mol. The van der Waals surface area contributed by atoms with Crippen LogP contribution in [0.5, 0.6) is 0 Å². The Labute approximate surface area is 94.4 Å². The molecular weight excluding hydrogens is 206 g/mol. The van der Waals surface area contributed by atoms with Gasteiger partial charge in [-0.15, -0.1) is 5.10 Å².